The van der Waals surface area contributed by atoms with Gasteiger partial charge in [-0.15, -0.1) is 9.94 Å². The van der Waals surface area contributed by atoms with E-state index >= 15 is 0 Å². The molecule has 3 nitrogen and oxygen atoms in total. The summed E-state index contributed by atoms with van der Waals surface area (Å²) < 4.78 is 0. The Hall–Kier alpha value is -2.21. The Kier molecular flexibility index (Phi) is 2.20. The molecule has 2 aromatic rings. The highest BCUT2D eigenvalue weighted by atomic mass is 16.5. The topological polar surface area (TPSA) is 38.0 Å². The van der Waals surface area contributed by atoms with E-state index < -0.39 is 0 Å². The summed E-state index contributed by atoms with van der Waals surface area (Å²) in [5, 5.41) is 12.5. The van der Waals surface area contributed by atoms with Gasteiger partial charge in [0, 0.05) is 5.56 Å². The summed E-state index contributed by atoms with van der Waals surface area (Å²) in [6.07, 6.45) is 2.96. The minimum absolute atomic E-state index is 0.691. The molecule has 0 saturated heterocycles. The van der Waals surface area contributed by atoms with E-state index in [0.29, 0.717) is 5.56 Å². The zero-order valence-corrected chi connectivity index (χ0v) is 7.38. The highest BCUT2D eigenvalue weighted by molar-refractivity contribution is 5.40. The number of nitrogens with zero attached hydrogens (tertiary/aromatic N) is 2. The van der Waals surface area contributed by atoms with Crippen LogP contribution in [0.15, 0.2) is 42.7 Å². The van der Waals surface area contributed by atoms with Crippen molar-refractivity contribution < 1.29 is 5.21 Å². The SMILES string of the molecule is On1cc(C#Cc2ccccc2)cn1. The van der Waals surface area contributed by atoms with Crippen LogP contribution >= 0.6 is 0 Å². The van der Waals surface area contributed by atoms with Crippen LogP contribution in [0.1, 0.15) is 11.1 Å². The predicted molar refractivity (Wildman–Crippen MR) is 51.8 cm³/mol. The van der Waals surface area contributed by atoms with Gasteiger partial charge in [-0.3, -0.25) is 0 Å². The summed E-state index contributed by atoms with van der Waals surface area (Å²) in [7, 11) is 0. The van der Waals surface area contributed by atoms with Crippen molar-refractivity contribution in [1.29, 1.82) is 0 Å². The minimum atomic E-state index is 0.691. The van der Waals surface area contributed by atoms with Crippen molar-refractivity contribution >= 4 is 0 Å². The lowest BCUT2D eigenvalue weighted by atomic mass is 10.2. The molecule has 1 aromatic carbocycles. The first-order valence-corrected chi connectivity index (χ1v) is 4.15. The van der Waals surface area contributed by atoms with Crippen LogP contribution in [-0.2, 0) is 0 Å². The van der Waals surface area contributed by atoms with Crippen LogP contribution in [0.5, 0.6) is 0 Å². The van der Waals surface area contributed by atoms with E-state index in [4.69, 9.17) is 5.21 Å². The van der Waals surface area contributed by atoms with Crippen molar-refractivity contribution in [2.24, 2.45) is 0 Å². The molecule has 1 N–H and O–H groups in total. The Morgan fingerprint density at radius 1 is 1.07 bits per heavy atom. The summed E-state index contributed by atoms with van der Waals surface area (Å²) in [6.45, 7) is 0. The standard InChI is InChI=1S/C11H8N2O/c14-13-9-11(8-12-13)7-6-10-4-2-1-3-5-10/h1-5,8-9,14H. The lowest BCUT2D eigenvalue weighted by Gasteiger charge is -1.85. The van der Waals surface area contributed by atoms with Crippen molar-refractivity contribution in [2.75, 3.05) is 0 Å². The van der Waals surface area contributed by atoms with Crippen LogP contribution in [0.2, 0.25) is 0 Å². The first-order chi connectivity index (χ1) is 6.84. The second kappa shape index (κ2) is 3.67. The molecular formula is C11H8N2O. The second-order valence-corrected chi connectivity index (χ2v) is 2.77. The fourth-order valence-corrected chi connectivity index (χ4v) is 1.04. The predicted octanol–water partition coefficient (Wildman–Crippen LogP) is 1.52. The molecule has 0 amide bonds. The quantitative estimate of drug-likeness (QED) is 0.498. The largest absolute Gasteiger partial charge is 0.412 e. The molecule has 1 aromatic heterocycles. The van der Waals surface area contributed by atoms with Crippen molar-refractivity contribution in [1.82, 2.24) is 9.94 Å². The summed E-state index contributed by atoms with van der Waals surface area (Å²) in [4.78, 5) is 0.745. The number of benzene rings is 1. The third-order valence-electron chi connectivity index (χ3n) is 1.69. The maximum absolute atomic E-state index is 8.89. The molecular weight excluding hydrogens is 176 g/mol. The van der Waals surface area contributed by atoms with Gasteiger partial charge in [0.15, 0.2) is 0 Å². The van der Waals surface area contributed by atoms with Gasteiger partial charge in [0.05, 0.1) is 18.0 Å². The summed E-state index contributed by atoms with van der Waals surface area (Å²) in [6, 6.07) is 9.66. The molecule has 0 atom stereocenters. The molecule has 0 saturated carbocycles. The fourth-order valence-electron chi connectivity index (χ4n) is 1.04. The van der Waals surface area contributed by atoms with Crippen LogP contribution in [-0.4, -0.2) is 15.2 Å². The van der Waals surface area contributed by atoms with Gasteiger partial charge in [-0.25, -0.2) is 0 Å². The second-order valence-electron chi connectivity index (χ2n) is 2.77. The molecule has 0 unspecified atom stereocenters. The monoisotopic (exact) mass is 184 g/mol. The Morgan fingerprint density at radius 2 is 1.79 bits per heavy atom. The third kappa shape index (κ3) is 1.93. The van der Waals surface area contributed by atoms with Gasteiger partial charge in [0.25, 0.3) is 0 Å². The zero-order valence-electron chi connectivity index (χ0n) is 7.38. The van der Waals surface area contributed by atoms with E-state index in [-0.39, 0.29) is 0 Å². The summed E-state index contributed by atoms with van der Waals surface area (Å²) >= 11 is 0. The van der Waals surface area contributed by atoms with Gasteiger partial charge in [0.1, 0.15) is 0 Å². The van der Waals surface area contributed by atoms with E-state index in [1.807, 2.05) is 30.3 Å². The number of rotatable bonds is 0. The molecule has 0 spiro atoms. The number of hydrogen-bond acceptors (Lipinski definition) is 2. The van der Waals surface area contributed by atoms with Crippen LogP contribution in [0.25, 0.3) is 0 Å². The molecule has 0 radical (unpaired) electrons. The third-order valence-corrected chi connectivity index (χ3v) is 1.69. The van der Waals surface area contributed by atoms with Crippen molar-refractivity contribution in [3.8, 4) is 11.8 Å². The highest BCUT2D eigenvalue weighted by Gasteiger charge is 1.90. The van der Waals surface area contributed by atoms with Gasteiger partial charge in [0.2, 0.25) is 0 Å². The van der Waals surface area contributed by atoms with Gasteiger partial charge < -0.3 is 5.21 Å². The Morgan fingerprint density at radius 3 is 2.43 bits per heavy atom. The maximum Gasteiger partial charge on any atom is 0.0821 e. The molecule has 1 heterocycles. The van der Waals surface area contributed by atoms with Crippen LogP contribution < -0.4 is 0 Å². The first-order valence-electron chi connectivity index (χ1n) is 4.15. The van der Waals surface area contributed by atoms with E-state index in [1.165, 1.54) is 12.4 Å². The maximum atomic E-state index is 8.89. The molecule has 2 rings (SSSR count). The van der Waals surface area contributed by atoms with Crippen molar-refractivity contribution in [2.45, 2.75) is 0 Å². The Labute approximate surface area is 81.6 Å². The molecule has 0 aliphatic rings. The van der Waals surface area contributed by atoms with Gasteiger partial charge in [-0.2, -0.15) is 0 Å². The highest BCUT2D eigenvalue weighted by Crippen LogP contribution is 1.97. The van der Waals surface area contributed by atoms with Gasteiger partial charge in [-0.05, 0) is 12.1 Å². The fraction of sp³-hybridized carbons (Fsp3) is 0. The molecule has 0 aliphatic carbocycles. The zero-order chi connectivity index (χ0) is 9.80. The molecule has 0 fully saturated rings. The number of aromatic nitrogens is 2. The molecule has 0 bridgehead atoms. The van der Waals surface area contributed by atoms with Crippen LogP contribution in [0.4, 0.5) is 0 Å². The smallest absolute Gasteiger partial charge is 0.0821 e. The molecule has 3 heteroatoms. The first kappa shape index (κ1) is 8.39. The molecule has 14 heavy (non-hydrogen) atoms. The normalized spacial score (nSPS) is 9.14. The average Bonchev–Trinajstić information content (AvgIpc) is 2.63. The van der Waals surface area contributed by atoms with E-state index in [9.17, 15) is 0 Å². The van der Waals surface area contributed by atoms with Crippen LogP contribution in [0, 0.1) is 11.8 Å². The lowest BCUT2D eigenvalue weighted by molar-refractivity contribution is 0.149. The van der Waals surface area contributed by atoms with Gasteiger partial charge in [-0.1, -0.05) is 30.0 Å². The average molecular weight is 184 g/mol. The van der Waals surface area contributed by atoms with Gasteiger partial charge >= 0.3 is 0 Å². The van der Waals surface area contributed by atoms with E-state index in [1.54, 1.807) is 0 Å². The summed E-state index contributed by atoms with van der Waals surface area (Å²) in [5.41, 5.74) is 1.63. The lowest BCUT2D eigenvalue weighted by Crippen LogP contribution is -1.86. The summed E-state index contributed by atoms with van der Waals surface area (Å²) in [5.74, 6) is 5.85. The Balaban J connectivity index is 2.23. The van der Waals surface area contributed by atoms with Crippen LogP contribution in [0.3, 0.4) is 0 Å². The minimum Gasteiger partial charge on any atom is -0.412 e. The molecule has 0 aliphatic heterocycles. The van der Waals surface area contributed by atoms with E-state index in [0.717, 1.165) is 10.4 Å². The number of hydrogen-bond donors (Lipinski definition) is 1. The van der Waals surface area contributed by atoms with Crippen molar-refractivity contribution in [3.05, 3.63) is 53.9 Å². The van der Waals surface area contributed by atoms with E-state index in [2.05, 4.69) is 16.9 Å². The van der Waals surface area contributed by atoms with Crippen molar-refractivity contribution in [3.63, 3.8) is 0 Å². The Bertz CT molecular complexity index is 477. The molecule has 68 valence electrons.